The molecule has 2 heterocycles. The van der Waals surface area contributed by atoms with Gasteiger partial charge in [-0.3, -0.25) is 19.8 Å². The number of nitrogens with zero attached hydrogens (tertiary/aromatic N) is 3. The molecule has 0 aromatic rings. The Labute approximate surface area is 261 Å². The van der Waals surface area contributed by atoms with Gasteiger partial charge < -0.3 is 14.5 Å². The number of unbranched alkanes of at least 4 members (excludes halogenated alkanes) is 2. The molecule has 2 aliphatic rings. The summed E-state index contributed by atoms with van der Waals surface area (Å²) in [5.74, 6) is 0.278. The lowest BCUT2D eigenvalue weighted by molar-refractivity contribution is -0.125. The summed E-state index contributed by atoms with van der Waals surface area (Å²) in [6.07, 6.45) is 15.2. The van der Waals surface area contributed by atoms with E-state index in [1.165, 1.54) is 11.3 Å². The van der Waals surface area contributed by atoms with Gasteiger partial charge in [0, 0.05) is 32.8 Å². The molecule has 1 N–H and O–H groups in total. The zero-order chi connectivity index (χ0) is 31.9. The molecule has 248 valence electrons. The van der Waals surface area contributed by atoms with E-state index >= 15 is 0 Å². The van der Waals surface area contributed by atoms with Crippen molar-refractivity contribution >= 4 is 23.9 Å². The quantitative estimate of drug-likeness (QED) is 0.0943. The molecule has 9 heteroatoms. The second-order valence-electron chi connectivity index (χ2n) is 12.9. The largest absolute Gasteiger partial charge is 0.381 e. The maximum Gasteiger partial charge on any atom is 0.327 e. The molecule has 2 aliphatic heterocycles. The van der Waals surface area contributed by atoms with Crippen LogP contribution in [-0.4, -0.2) is 84.5 Å². The van der Waals surface area contributed by atoms with Crippen LogP contribution in [0.25, 0.3) is 0 Å². The number of carbonyl (C=O) groups excluding carboxylic acids is 4. The van der Waals surface area contributed by atoms with Gasteiger partial charge in [0.05, 0.1) is 0 Å². The van der Waals surface area contributed by atoms with Gasteiger partial charge in [0.25, 0.3) is 0 Å². The summed E-state index contributed by atoms with van der Waals surface area (Å²) in [6, 6.07) is -0.377. The number of urea groups is 2. The number of hydrogen-bond donors (Lipinski definition) is 1. The predicted octanol–water partition coefficient (Wildman–Crippen LogP) is 6.99. The number of carbonyl (C=O) groups is 4. The van der Waals surface area contributed by atoms with E-state index in [1.54, 1.807) is 9.80 Å². The molecule has 1 atom stereocenters. The van der Waals surface area contributed by atoms with Crippen molar-refractivity contribution in [3.05, 3.63) is 0 Å². The number of amides is 6. The first-order valence-corrected chi connectivity index (χ1v) is 17.4. The second kappa shape index (κ2) is 18.6. The molecule has 43 heavy (non-hydrogen) atoms. The van der Waals surface area contributed by atoms with Crippen molar-refractivity contribution in [3.8, 4) is 0 Å². The van der Waals surface area contributed by atoms with Gasteiger partial charge in [0.2, 0.25) is 11.8 Å². The first-order valence-electron chi connectivity index (χ1n) is 17.4. The van der Waals surface area contributed by atoms with Crippen molar-refractivity contribution in [2.45, 2.75) is 131 Å². The number of hydrogen-bond acceptors (Lipinski definition) is 5. The Bertz CT molecular complexity index is 886. The van der Waals surface area contributed by atoms with Gasteiger partial charge in [-0.25, -0.2) is 9.59 Å². The zero-order valence-corrected chi connectivity index (χ0v) is 28.3. The maximum atomic E-state index is 12.4. The third-order valence-electron chi connectivity index (χ3n) is 10.9. The lowest BCUT2D eigenvalue weighted by Crippen LogP contribution is -2.35. The number of imide groups is 2. The van der Waals surface area contributed by atoms with Crippen molar-refractivity contribution in [2.24, 2.45) is 16.7 Å². The van der Waals surface area contributed by atoms with Crippen LogP contribution in [0.2, 0.25) is 0 Å². The standard InChI is InChI=1S/C34H62N4O5/c1-7-28(18-23-37-26-29(39)35-31(37)41)34(10-4,11-5)21-14-16-25-43-24-15-13-19-33(8-2,9-3)20-17-22-38-30(40)27-36(12-6)32(38)42/h28H,7-27H2,1-6H3,(H,35,39,41). The van der Waals surface area contributed by atoms with Crippen molar-refractivity contribution < 1.29 is 23.9 Å². The molecule has 0 radical (unpaired) electrons. The number of ether oxygens (including phenoxy) is 1. The lowest BCUT2D eigenvalue weighted by Gasteiger charge is -2.40. The van der Waals surface area contributed by atoms with Crippen LogP contribution in [0.5, 0.6) is 0 Å². The Morgan fingerprint density at radius 1 is 0.744 bits per heavy atom. The van der Waals surface area contributed by atoms with E-state index in [9.17, 15) is 19.2 Å². The Hall–Kier alpha value is -2.16. The van der Waals surface area contributed by atoms with Gasteiger partial charge in [-0.1, -0.05) is 79.6 Å². The van der Waals surface area contributed by atoms with Crippen LogP contribution in [-0.2, 0) is 14.3 Å². The molecular formula is C34H62N4O5. The van der Waals surface area contributed by atoms with Crippen molar-refractivity contribution in [3.63, 3.8) is 0 Å². The molecule has 0 aliphatic carbocycles. The summed E-state index contributed by atoms with van der Waals surface area (Å²) >= 11 is 0. The molecule has 0 aromatic carbocycles. The fourth-order valence-corrected chi connectivity index (χ4v) is 7.55. The summed E-state index contributed by atoms with van der Waals surface area (Å²) < 4.78 is 6.04. The molecule has 0 aromatic heterocycles. The van der Waals surface area contributed by atoms with Crippen molar-refractivity contribution in [2.75, 3.05) is 45.9 Å². The number of likely N-dealkylation sites (N-methyl/N-ethyl adjacent to an activating group) is 1. The Balaban J connectivity index is 1.66. The first-order chi connectivity index (χ1) is 20.6. The minimum absolute atomic E-state index is 0.0606. The predicted molar refractivity (Wildman–Crippen MR) is 172 cm³/mol. The zero-order valence-electron chi connectivity index (χ0n) is 28.3. The molecule has 6 amide bonds. The SMILES string of the molecule is CCC(CCN1CC(=O)NC1=O)C(CC)(CC)CCCCOCCCCC(CC)(CC)CCCN1C(=O)CN(CC)C1=O. The number of nitrogens with one attached hydrogen (secondary N) is 1. The number of rotatable bonds is 24. The molecule has 1 unspecified atom stereocenters. The topological polar surface area (TPSA) is 99.3 Å². The summed E-state index contributed by atoms with van der Waals surface area (Å²) in [5, 5.41) is 2.39. The van der Waals surface area contributed by atoms with Gasteiger partial charge in [0.15, 0.2) is 0 Å². The van der Waals surface area contributed by atoms with Crippen LogP contribution in [0.4, 0.5) is 9.59 Å². The molecule has 0 saturated carbocycles. The monoisotopic (exact) mass is 606 g/mol. The second-order valence-corrected chi connectivity index (χ2v) is 12.9. The van der Waals surface area contributed by atoms with Crippen LogP contribution < -0.4 is 5.32 Å². The van der Waals surface area contributed by atoms with Crippen LogP contribution in [0.15, 0.2) is 0 Å². The van der Waals surface area contributed by atoms with E-state index in [0.29, 0.717) is 25.6 Å². The van der Waals surface area contributed by atoms with E-state index in [1.807, 2.05) is 6.92 Å². The minimum atomic E-state index is -0.248. The Morgan fingerprint density at radius 2 is 1.37 bits per heavy atom. The van der Waals surface area contributed by atoms with E-state index in [-0.39, 0.29) is 47.8 Å². The van der Waals surface area contributed by atoms with Crippen LogP contribution in [0.1, 0.15) is 131 Å². The third kappa shape index (κ3) is 10.5. The highest BCUT2D eigenvalue weighted by molar-refractivity contribution is 6.02. The summed E-state index contributed by atoms with van der Waals surface area (Å²) in [4.78, 5) is 52.9. The van der Waals surface area contributed by atoms with E-state index in [2.05, 4.69) is 39.9 Å². The molecule has 2 fully saturated rings. The maximum absolute atomic E-state index is 12.4. The highest BCUT2D eigenvalue weighted by Crippen LogP contribution is 2.44. The molecular weight excluding hydrogens is 544 g/mol. The summed E-state index contributed by atoms with van der Waals surface area (Å²) in [7, 11) is 0. The van der Waals surface area contributed by atoms with Gasteiger partial charge in [-0.2, -0.15) is 0 Å². The van der Waals surface area contributed by atoms with E-state index in [4.69, 9.17) is 4.74 Å². The van der Waals surface area contributed by atoms with Crippen LogP contribution in [0, 0.1) is 16.7 Å². The normalized spacial score (nSPS) is 17.0. The minimum Gasteiger partial charge on any atom is -0.381 e. The van der Waals surface area contributed by atoms with Crippen molar-refractivity contribution in [1.82, 2.24) is 20.0 Å². The van der Waals surface area contributed by atoms with Crippen LogP contribution in [0.3, 0.4) is 0 Å². The molecule has 0 spiro atoms. The fraction of sp³-hybridized carbons (Fsp3) is 0.882. The first kappa shape index (κ1) is 37.0. The summed E-state index contributed by atoms with van der Waals surface area (Å²) in [6.45, 7) is 17.1. The van der Waals surface area contributed by atoms with E-state index < -0.39 is 0 Å². The average molecular weight is 607 g/mol. The van der Waals surface area contributed by atoms with Gasteiger partial charge >= 0.3 is 12.1 Å². The van der Waals surface area contributed by atoms with Crippen LogP contribution >= 0.6 is 0 Å². The highest BCUT2D eigenvalue weighted by atomic mass is 16.5. The lowest BCUT2D eigenvalue weighted by atomic mass is 9.66. The molecule has 0 bridgehead atoms. The van der Waals surface area contributed by atoms with Crippen molar-refractivity contribution in [1.29, 1.82) is 0 Å². The average Bonchev–Trinajstić information content (AvgIpc) is 3.49. The fourth-order valence-electron chi connectivity index (χ4n) is 7.55. The molecule has 2 saturated heterocycles. The van der Waals surface area contributed by atoms with E-state index in [0.717, 1.165) is 96.7 Å². The smallest absolute Gasteiger partial charge is 0.327 e. The van der Waals surface area contributed by atoms with Gasteiger partial charge in [0.1, 0.15) is 13.1 Å². The third-order valence-corrected chi connectivity index (χ3v) is 10.9. The summed E-state index contributed by atoms with van der Waals surface area (Å²) in [5.41, 5.74) is 0.535. The van der Waals surface area contributed by atoms with Gasteiger partial charge in [-0.05, 0) is 68.6 Å². The Morgan fingerprint density at radius 3 is 1.88 bits per heavy atom. The highest BCUT2D eigenvalue weighted by Gasteiger charge is 2.36. The Kier molecular flexibility index (Phi) is 16.0. The molecule has 2 rings (SSSR count). The van der Waals surface area contributed by atoms with Gasteiger partial charge in [-0.15, -0.1) is 0 Å². The molecule has 9 nitrogen and oxygen atoms in total.